The summed E-state index contributed by atoms with van der Waals surface area (Å²) in [7, 11) is 0. The molecule has 0 bridgehead atoms. The fourth-order valence-electron chi connectivity index (χ4n) is 8.44. The molecule has 51 heavy (non-hydrogen) atoms. The van der Waals surface area contributed by atoms with Gasteiger partial charge in [0.15, 0.2) is 5.82 Å². The second kappa shape index (κ2) is 11.3. The van der Waals surface area contributed by atoms with Crippen LogP contribution in [-0.4, -0.2) is 9.97 Å². The first-order valence-corrected chi connectivity index (χ1v) is 17.7. The fourth-order valence-corrected chi connectivity index (χ4v) is 8.44. The van der Waals surface area contributed by atoms with Gasteiger partial charge < -0.3 is 0 Å². The van der Waals surface area contributed by atoms with Crippen molar-refractivity contribution in [2.75, 3.05) is 0 Å². The summed E-state index contributed by atoms with van der Waals surface area (Å²) < 4.78 is 0. The van der Waals surface area contributed by atoms with E-state index in [0.717, 1.165) is 33.6 Å². The van der Waals surface area contributed by atoms with Gasteiger partial charge >= 0.3 is 0 Å². The van der Waals surface area contributed by atoms with Crippen molar-refractivity contribution in [3.8, 4) is 56.2 Å². The van der Waals surface area contributed by atoms with Gasteiger partial charge in [-0.2, -0.15) is 0 Å². The summed E-state index contributed by atoms with van der Waals surface area (Å²) in [6, 6.07) is 61.2. The Labute approximate surface area is 297 Å². The lowest BCUT2D eigenvalue weighted by atomic mass is 9.82. The summed E-state index contributed by atoms with van der Waals surface area (Å²) in [5.74, 6) is 0.715. The van der Waals surface area contributed by atoms with Gasteiger partial charge in [-0.25, -0.2) is 9.97 Å². The van der Waals surface area contributed by atoms with Crippen molar-refractivity contribution in [2.24, 2.45) is 0 Å². The number of benzene rings is 8. The van der Waals surface area contributed by atoms with E-state index in [-0.39, 0.29) is 5.41 Å². The van der Waals surface area contributed by atoms with Gasteiger partial charge in [0.05, 0.1) is 11.4 Å². The summed E-state index contributed by atoms with van der Waals surface area (Å²) in [6.07, 6.45) is 0. The molecule has 10 rings (SSSR count). The molecule has 2 nitrogen and oxygen atoms in total. The van der Waals surface area contributed by atoms with Crippen LogP contribution in [-0.2, 0) is 5.41 Å². The van der Waals surface area contributed by atoms with Crippen molar-refractivity contribution in [1.29, 1.82) is 0 Å². The van der Waals surface area contributed by atoms with E-state index in [1.54, 1.807) is 0 Å². The molecule has 8 aromatic carbocycles. The van der Waals surface area contributed by atoms with Gasteiger partial charge in [0.25, 0.3) is 0 Å². The first-order valence-electron chi connectivity index (χ1n) is 17.7. The molecular formula is C49H34N2. The fraction of sp³-hybridized carbons (Fsp3) is 0.0612. The summed E-state index contributed by atoms with van der Waals surface area (Å²) in [5, 5.41) is 7.39. The minimum absolute atomic E-state index is 0.105. The van der Waals surface area contributed by atoms with Gasteiger partial charge in [-0.15, -0.1) is 0 Å². The van der Waals surface area contributed by atoms with Gasteiger partial charge in [-0.1, -0.05) is 172 Å². The SMILES string of the molecule is CC1(C)c2ccccc2-c2c(-c3cc(-c4ccccc4)nc(-c4ccccc4-c4c5ccccc5cc5c4ccc4ccccc45)n3)cccc21. The largest absolute Gasteiger partial charge is 0.228 e. The first kappa shape index (κ1) is 29.5. The zero-order valence-corrected chi connectivity index (χ0v) is 28.6. The van der Waals surface area contributed by atoms with Crippen LogP contribution in [0, 0.1) is 0 Å². The van der Waals surface area contributed by atoms with Crippen molar-refractivity contribution in [3.63, 3.8) is 0 Å². The maximum atomic E-state index is 5.48. The van der Waals surface area contributed by atoms with Crippen LogP contribution in [0.2, 0.25) is 0 Å². The van der Waals surface area contributed by atoms with Gasteiger partial charge in [0.1, 0.15) is 0 Å². The lowest BCUT2D eigenvalue weighted by molar-refractivity contribution is 0.660. The number of rotatable bonds is 4. The van der Waals surface area contributed by atoms with E-state index in [1.165, 1.54) is 60.1 Å². The summed E-state index contributed by atoms with van der Waals surface area (Å²) >= 11 is 0. The van der Waals surface area contributed by atoms with Crippen LogP contribution < -0.4 is 0 Å². The molecule has 1 aliphatic rings. The third kappa shape index (κ3) is 4.57. The molecule has 1 heterocycles. The van der Waals surface area contributed by atoms with Crippen molar-refractivity contribution in [3.05, 3.63) is 181 Å². The maximum absolute atomic E-state index is 5.48. The average molecular weight is 651 g/mol. The molecule has 0 spiro atoms. The summed E-state index contributed by atoms with van der Waals surface area (Å²) in [6.45, 7) is 4.66. The van der Waals surface area contributed by atoms with Gasteiger partial charge in [0.2, 0.25) is 0 Å². The molecule has 0 saturated carbocycles. The highest BCUT2D eigenvalue weighted by atomic mass is 14.9. The van der Waals surface area contributed by atoms with Crippen LogP contribution in [0.1, 0.15) is 25.0 Å². The van der Waals surface area contributed by atoms with E-state index >= 15 is 0 Å². The van der Waals surface area contributed by atoms with E-state index in [9.17, 15) is 0 Å². The molecule has 0 atom stereocenters. The van der Waals surface area contributed by atoms with Crippen LogP contribution in [0.25, 0.3) is 88.5 Å². The van der Waals surface area contributed by atoms with E-state index in [2.05, 4.69) is 184 Å². The van der Waals surface area contributed by atoms with E-state index < -0.39 is 0 Å². The Bertz CT molecular complexity index is 2830. The van der Waals surface area contributed by atoms with E-state index in [4.69, 9.17) is 9.97 Å². The van der Waals surface area contributed by atoms with Crippen LogP contribution in [0.5, 0.6) is 0 Å². The number of hydrogen-bond acceptors (Lipinski definition) is 2. The minimum Gasteiger partial charge on any atom is -0.228 e. The normalized spacial score (nSPS) is 13.1. The summed E-state index contributed by atoms with van der Waals surface area (Å²) in [4.78, 5) is 10.8. The topological polar surface area (TPSA) is 25.8 Å². The monoisotopic (exact) mass is 650 g/mol. The molecule has 0 aliphatic heterocycles. The molecule has 0 fully saturated rings. The number of aromatic nitrogens is 2. The Morgan fingerprint density at radius 3 is 1.84 bits per heavy atom. The maximum Gasteiger partial charge on any atom is 0.161 e. The predicted octanol–water partition coefficient (Wildman–Crippen LogP) is 12.9. The molecule has 1 aromatic heterocycles. The average Bonchev–Trinajstić information content (AvgIpc) is 3.43. The smallest absolute Gasteiger partial charge is 0.161 e. The third-order valence-electron chi connectivity index (χ3n) is 10.9. The Morgan fingerprint density at radius 2 is 1.00 bits per heavy atom. The zero-order chi connectivity index (χ0) is 34.1. The second-order valence-corrected chi connectivity index (χ2v) is 14.1. The highest BCUT2D eigenvalue weighted by molar-refractivity contribution is 6.21. The molecule has 0 radical (unpaired) electrons. The standard InChI is InChI=1S/C49H34N2/c1-49(2)42-25-13-12-23-39(42)47-40(24-14-26-43(47)49)45-30-44(32-16-4-3-5-17-32)50-48(51-45)38-22-11-10-21-36(38)46-35-20-9-7-18-33(35)29-41-34-19-8-6-15-31(34)27-28-37(41)46/h3-30H,1-2H3. The zero-order valence-electron chi connectivity index (χ0n) is 28.6. The van der Waals surface area contributed by atoms with Gasteiger partial charge in [-0.05, 0) is 77.8 Å². The Balaban J connectivity index is 1.27. The van der Waals surface area contributed by atoms with Crippen LogP contribution >= 0.6 is 0 Å². The van der Waals surface area contributed by atoms with E-state index in [0.29, 0.717) is 5.82 Å². The number of hydrogen-bond donors (Lipinski definition) is 0. The van der Waals surface area contributed by atoms with Crippen LogP contribution in [0.15, 0.2) is 170 Å². The molecule has 2 heteroatoms. The molecule has 0 saturated heterocycles. The highest BCUT2D eigenvalue weighted by Gasteiger charge is 2.36. The van der Waals surface area contributed by atoms with Crippen molar-refractivity contribution in [2.45, 2.75) is 19.3 Å². The van der Waals surface area contributed by atoms with E-state index in [1.807, 2.05) is 0 Å². The number of nitrogens with zero attached hydrogens (tertiary/aromatic N) is 2. The van der Waals surface area contributed by atoms with Crippen molar-refractivity contribution < 1.29 is 0 Å². The highest BCUT2D eigenvalue weighted by Crippen LogP contribution is 2.52. The second-order valence-electron chi connectivity index (χ2n) is 14.1. The van der Waals surface area contributed by atoms with Gasteiger partial charge in [0, 0.05) is 22.1 Å². The molecule has 0 N–H and O–H groups in total. The Morgan fingerprint density at radius 1 is 0.373 bits per heavy atom. The molecule has 1 aliphatic carbocycles. The van der Waals surface area contributed by atoms with Crippen LogP contribution in [0.3, 0.4) is 0 Å². The Hall–Kier alpha value is -6.38. The lowest BCUT2D eigenvalue weighted by Crippen LogP contribution is -2.14. The predicted molar refractivity (Wildman–Crippen MR) is 214 cm³/mol. The first-order chi connectivity index (χ1) is 25.1. The van der Waals surface area contributed by atoms with Crippen LogP contribution in [0.4, 0.5) is 0 Å². The molecule has 9 aromatic rings. The van der Waals surface area contributed by atoms with Gasteiger partial charge in [-0.3, -0.25) is 0 Å². The Kier molecular flexibility index (Phi) is 6.56. The number of fused-ring (bicyclic) bond motifs is 7. The quantitative estimate of drug-likeness (QED) is 0.140. The molecule has 0 amide bonds. The lowest BCUT2D eigenvalue weighted by Gasteiger charge is -2.21. The molecule has 240 valence electrons. The minimum atomic E-state index is -0.105. The van der Waals surface area contributed by atoms with Crippen molar-refractivity contribution >= 4 is 32.3 Å². The third-order valence-corrected chi connectivity index (χ3v) is 10.9. The molecular weight excluding hydrogens is 617 g/mol. The molecule has 0 unspecified atom stereocenters. The van der Waals surface area contributed by atoms with Crippen molar-refractivity contribution in [1.82, 2.24) is 9.97 Å². The summed E-state index contributed by atoms with van der Waals surface area (Å²) in [5.41, 5.74) is 12.5.